The molecule has 3 nitrogen and oxygen atoms in total. The minimum atomic E-state index is -0.289. The molecule has 0 saturated carbocycles. The van der Waals surface area contributed by atoms with Gasteiger partial charge < -0.3 is 9.88 Å². The molecule has 0 aliphatic carbocycles. The molecule has 0 bridgehead atoms. The summed E-state index contributed by atoms with van der Waals surface area (Å²) in [4.78, 5) is 18.0. The van der Waals surface area contributed by atoms with Crippen molar-refractivity contribution in [1.82, 2.24) is 9.88 Å². The van der Waals surface area contributed by atoms with Gasteiger partial charge >= 0.3 is 0 Å². The molecule has 1 fully saturated rings. The Hall–Kier alpha value is -1.77. The third-order valence-electron chi connectivity index (χ3n) is 4.41. The van der Waals surface area contributed by atoms with E-state index in [2.05, 4.69) is 34.3 Å². The van der Waals surface area contributed by atoms with Crippen molar-refractivity contribution in [3.05, 3.63) is 36.0 Å². The molecule has 1 aromatic carbocycles. The van der Waals surface area contributed by atoms with Crippen LogP contribution >= 0.6 is 0 Å². The monoisotopic (exact) mass is 284 g/mol. The van der Waals surface area contributed by atoms with Gasteiger partial charge in [-0.2, -0.15) is 0 Å². The van der Waals surface area contributed by atoms with Gasteiger partial charge in [0.15, 0.2) is 0 Å². The van der Waals surface area contributed by atoms with Crippen LogP contribution < -0.4 is 0 Å². The van der Waals surface area contributed by atoms with Crippen LogP contribution in [0.15, 0.2) is 30.5 Å². The van der Waals surface area contributed by atoms with E-state index < -0.39 is 0 Å². The highest BCUT2D eigenvalue weighted by molar-refractivity contribution is 5.84. The van der Waals surface area contributed by atoms with Crippen molar-refractivity contribution in [2.75, 3.05) is 6.54 Å². The minimum Gasteiger partial charge on any atom is -0.361 e. The van der Waals surface area contributed by atoms with E-state index in [1.807, 2.05) is 26.8 Å². The van der Waals surface area contributed by atoms with Gasteiger partial charge in [0.05, 0.1) is 0 Å². The summed E-state index contributed by atoms with van der Waals surface area (Å²) in [5.74, 6) is 0.282. The standard InChI is InChI=1S/C18H24N2O/c1-18(2,3)17(21)20-10-6-7-14(20)11-13-12-19-16-9-5-4-8-15(13)16/h4-5,8-9,12,14,19H,6-7,10-11H2,1-3H3. The predicted octanol–water partition coefficient (Wildman–Crippen LogP) is 3.75. The highest BCUT2D eigenvalue weighted by Crippen LogP contribution is 2.29. The smallest absolute Gasteiger partial charge is 0.228 e. The van der Waals surface area contributed by atoms with Crippen molar-refractivity contribution in [3.8, 4) is 0 Å². The van der Waals surface area contributed by atoms with Crippen LogP contribution in [0.1, 0.15) is 39.2 Å². The zero-order valence-electron chi connectivity index (χ0n) is 13.1. The average Bonchev–Trinajstić information content (AvgIpc) is 3.05. The molecule has 1 N–H and O–H groups in total. The number of hydrogen-bond acceptors (Lipinski definition) is 1. The number of H-pyrrole nitrogens is 1. The van der Waals surface area contributed by atoms with Gasteiger partial charge in [0.1, 0.15) is 0 Å². The Morgan fingerprint density at radius 3 is 2.86 bits per heavy atom. The first-order valence-corrected chi connectivity index (χ1v) is 7.83. The van der Waals surface area contributed by atoms with Crippen molar-refractivity contribution >= 4 is 16.8 Å². The summed E-state index contributed by atoms with van der Waals surface area (Å²) in [6.45, 7) is 6.94. The second-order valence-electron chi connectivity index (χ2n) is 7.11. The van der Waals surface area contributed by atoms with Crippen molar-refractivity contribution in [1.29, 1.82) is 0 Å². The second kappa shape index (κ2) is 5.21. The number of benzene rings is 1. The lowest BCUT2D eigenvalue weighted by atomic mass is 9.93. The number of fused-ring (bicyclic) bond motifs is 1. The van der Waals surface area contributed by atoms with Crippen LogP contribution in [0.4, 0.5) is 0 Å². The predicted molar refractivity (Wildman–Crippen MR) is 86.2 cm³/mol. The van der Waals surface area contributed by atoms with Gasteiger partial charge in [0, 0.05) is 35.1 Å². The Kier molecular flexibility index (Phi) is 3.52. The number of carbonyl (C=O) groups is 1. The molecule has 3 heteroatoms. The van der Waals surface area contributed by atoms with Gasteiger partial charge in [-0.3, -0.25) is 4.79 Å². The fourth-order valence-electron chi connectivity index (χ4n) is 3.30. The number of likely N-dealkylation sites (tertiary alicyclic amines) is 1. The number of rotatable bonds is 2. The Labute approximate surface area is 126 Å². The van der Waals surface area contributed by atoms with Gasteiger partial charge in [-0.25, -0.2) is 0 Å². The van der Waals surface area contributed by atoms with Crippen molar-refractivity contribution in [2.45, 2.75) is 46.1 Å². The van der Waals surface area contributed by atoms with Crippen LogP contribution in [-0.4, -0.2) is 28.4 Å². The molecule has 1 aromatic heterocycles. The molecule has 21 heavy (non-hydrogen) atoms. The van der Waals surface area contributed by atoms with Crippen LogP contribution in [0.5, 0.6) is 0 Å². The fourth-order valence-corrected chi connectivity index (χ4v) is 3.30. The Morgan fingerprint density at radius 2 is 2.10 bits per heavy atom. The molecule has 1 unspecified atom stereocenters. The molecule has 112 valence electrons. The maximum absolute atomic E-state index is 12.6. The van der Waals surface area contributed by atoms with E-state index in [1.165, 1.54) is 16.5 Å². The van der Waals surface area contributed by atoms with Crippen molar-refractivity contribution in [3.63, 3.8) is 0 Å². The highest BCUT2D eigenvalue weighted by atomic mass is 16.2. The van der Waals surface area contributed by atoms with E-state index in [9.17, 15) is 4.79 Å². The summed E-state index contributed by atoms with van der Waals surface area (Å²) in [7, 11) is 0. The number of aromatic nitrogens is 1. The van der Waals surface area contributed by atoms with Gasteiger partial charge in [-0.05, 0) is 30.9 Å². The maximum atomic E-state index is 12.6. The van der Waals surface area contributed by atoms with E-state index in [4.69, 9.17) is 0 Å². The van der Waals surface area contributed by atoms with E-state index in [0.29, 0.717) is 6.04 Å². The molecule has 3 rings (SSSR count). The first-order chi connectivity index (χ1) is 9.97. The number of hydrogen-bond donors (Lipinski definition) is 1. The van der Waals surface area contributed by atoms with Crippen LogP contribution in [-0.2, 0) is 11.2 Å². The molecule has 1 saturated heterocycles. The molecule has 0 spiro atoms. The molecule has 1 atom stereocenters. The lowest BCUT2D eigenvalue weighted by molar-refractivity contribution is -0.140. The SMILES string of the molecule is CC(C)(C)C(=O)N1CCCC1Cc1c[nH]c2ccccc12. The summed E-state index contributed by atoms with van der Waals surface area (Å²) >= 11 is 0. The third kappa shape index (κ3) is 2.69. The van der Waals surface area contributed by atoms with Crippen LogP contribution in [0.3, 0.4) is 0 Å². The van der Waals surface area contributed by atoms with E-state index in [0.717, 1.165) is 25.8 Å². The topological polar surface area (TPSA) is 36.1 Å². The molecule has 2 aromatic rings. The number of nitrogens with zero attached hydrogens (tertiary/aromatic N) is 1. The molecular weight excluding hydrogens is 260 g/mol. The Balaban J connectivity index is 1.82. The molecule has 0 radical (unpaired) electrons. The lowest BCUT2D eigenvalue weighted by Crippen LogP contribution is -2.43. The molecule has 1 amide bonds. The third-order valence-corrected chi connectivity index (χ3v) is 4.41. The first-order valence-electron chi connectivity index (χ1n) is 7.83. The van der Waals surface area contributed by atoms with Crippen LogP contribution in [0.2, 0.25) is 0 Å². The van der Waals surface area contributed by atoms with E-state index in [1.54, 1.807) is 0 Å². The van der Waals surface area contributed by atoms with Crippen molar-refractivity contribution < 1.29 is 4.79 Å². The average molecular weight is 284 g/mol. The zero-order valence-corrected chi connectivity index (χ0v) is 13.1. The van der Waals surface area contributed by atoms with Gasteiger partial charge in [-0.15, -0.1) is 0 Å². The molecule has 2 heterocycles. The zero-order chi connectivity index (χ0) is 15.0. The summed E-state index contributed by atoms with van der Waals surface area (Å²) < 4.78 is 0. The lowest BCUT2D eigenvalue weighted by Gasteiger charge is -2.31. The summed E-state index contributed by atoms with van der Waals surface area (Å²) in [6, 6.07) is 8.73. The number of para-hydroxylation sites is 1. The summed E-state index contributed by atoms with van der Waals surface area (Å²) in [6.07, 6.45) is 5.28. The van der Waals surface area contributed by atoms with E-state index in [-0.39, 0.29) is 11.3 Å². The van der Waals surface area contributed by atoms with Crippen LogP contribution in [0, 0.1) is 5.41 Å². The van der Waals surface area contributed by atoms with Gasteiger partial charge in [0.25, 0.3) is 0 Å². The van der Waals surface area contributed by atoms with Crippen LogP contribution in [0.25, 0.3) is 10.9 Å². The largest absolute Gasteiger partial charge is 0.361 e. The molecular formula is C18H24N2O. The normalized spacial score (nSPS) is 19.4. The quantitative estimate of drug-likeness (QED) is 0.896. The minimum absolute atomic E-state index is 0.282. The second-order valence-corrected chi connectivity index (χ2v) is 7.11. The first kappa shape index (κ1) is 14.2. The summed E-state index contributed by atoms with van der Waals surface area (Å²) in [5.41, 5.74) is 2.21. The highest BCUT2D eigenvalue weighted by Gasteiger charge is 2.35. The molecule has 1 aliphatic heterocycles. The maximum Gasteiger partial charge on any atom is 0.228 e. The van der Waals surface area contributed by atoms with E-state index >= 15 is 0 Å². The Bertz CT molecular complexity index is 651. The summed E-state index contributed by atoms with van der Waals surface area (Å²) in [5, 5.41) is 1.28. The number of amides is 1. The van der Waals surface area contributed by atoms with Gasteiger partial charge in [-0.1, -0.05) is 39.0 Å². The van der Waals surface area contributed by atoms with Crippen molar-refractivity contribution in [2.24, 2.45) is 5.41 Å². The number of nitrogens with one attached hydrogen (secondary N) is 1. The fraction of sp³-hybridized carbons (Fsp3) is 0.500. The number of aromatic amines is 1. The number of carbonyl (C=O) groups excluding carboxylic acids is 1. The van der Waals surface area contributed by atoms with Gasteiger partial charge in [0.2, 0.25) is 5.91 Å². The molecule has 1 aliphatic rings. The Morgan fingerprint density at radius 1 is 1.33 bits per heavy atom.